The smallest absolute Gasteiger partial charge is 0.315 e. The first-order valence-electron chi connectivity index (χ1n) is 5.72. The Hall–Kier alpha value is -2.47. The molecule has 0 unspecified atom stereocenters. The highest BCUT2D eigenvalue weighted by Crippen LogP contribution is 2.17. The quantitative estimate of drug-likeness (QED) is 0.654. The van der Waals surface area contributed by atoms with E-state index < -0.39 is 11.8 Å². The zero-order valence-corrected chi connectivity index (χ0v) is 11.3. The van der Waals surface area contributed by atoms with Crippen LogP contribution >= 0.6 is 11.6 Å². The molecule has 2 rings (SSSR count). The number of hydrogen-bond donors (Lipinski definition) is 2. The fourth-order valence-corrected chi connectivity index (χ4v) is 1.61. The summed E-state index contributed by atoms with van der Waals surface area (Å²) in [6.07, 6.45) is 3.01. The molecule has 2 N–H and O–H groups in total. The number of hydrogen-bond acceptors (Lipinski definition) is 4. The number of aromatic nitrogens is 2. The van der Waals surface area contributed by atoms with Crippen molar-refractivity contribution in [2.75, 3.05) is 10.6 Å². The highest BCUT2D eigenvalue weighted by molar-refractivity contribution is 6.44. The van der Waals surface area contributed by atoms with Crippen molar-refractivity contribution in [1.29, 1.82) is 0 Å². The number of nitrogens with one attached hydrogen (secondary N) is 2. The van der Waals surface area contributed by atoms with Crippen LogP contribution in [-0.4, -0.2) is 21.8 Å². The third-order valence-corrected chi connectivity index (χ3v) is 2.76. The Balaban J connectivity index is 2.05. The number of carbonyl (C=O) groups is 2. The van der Waals surface area contributed by atoms with Gasteiger partial charge in [0.25, 0.3) is 0 Å². The Labute approximate surface area is 120 Å². The van der Waals surface area contributed by atoms with Crippen LogP contribution in [0.25, 0.3) is 0 Å². The molecule has 0 atom stereocenters. The number of halogens is 1. The van der Waals surface area contributed by atoms with E-state index in [4.69, 9.17) is 11.6 Å². The van der Waals surface area contributed by atoms with Gasteiger partial charge in [-0.15, -0.1) is 0 Å². The van der Waals surface area contributed by atoms with Crippen molar-refractivity contribution in [3.63, 3.8) is 0 Å². The summed E-state index contributed by atoms with van der Waals surface area (Å²) in [6, 6.07) is 6.66. The van der Waals surface area contributed by atoms with E-state index in [0.29, 0.717) is 5.82 Å². The summed E-state index contributed by atoms with van der Waals surface area (Å²) in [4.78, 5) is 31.3. The van der Waals surface area contributed by atoms with Gasteiger partial charge < -0.3 is 10.6 Å². The van der Waals surface area contributed by atoms with Crippen LogP contribution in [0.1, 0.15) is 5.56 Å². The van der Waals surface area contributed by atoms with Crippen molar-refractivity contribution < 1.29 is 9.59 Å². The SMILES string of the molecule is Cc1cccnc1NC(=O)C(=O)Nc1cccnc1Cl. The van der Waals surface area contributed by atoms with Crippen LogP contribution in [-0.2, 0) is 9.59 Å². The molecule has 2 aromatic heterocycles. The van der Waals surface area contributed by atoms with Gasteiger partial charge in [-0.05, 0) is 30.7 Å². The van der Waals surface area contributed by atoms with Crippen LogP contribution in [0, 0.1) is 6.92 Å². The second-order valence-corrected chi connectivity index (χ2v) is 4.28. The summed E-state index contributed by atoms with van der Waals surface area (Å²) in [5.41, 5.74) is 1.03. The van der Waals surface area contributed by atoms with Gasteiger partial charge in [-0.2, -0.15) is 0 Å². The summed E-state index contributed by atoms with van der Waals surface area (Å²) in [7, 11) is 0. The van der Waals surface area contributed by atoms with Crippen LogP contribution in [0.4, 0.5) is 11.5 Å². The first kappa shape index (κ1) is 14.0. The third-order valence-electron chi connectivity index (χ3n) is 2.45. The van der Waals surface area contributed by atoms with Gasteiger partial charge in [0.1, 0.15) is 5.82 Å². The molecule has 102 valence electrons. The lowest BCUT2D eigenvalue weighted by Gasteiger charge is -2.08. The summed E-state index contributed by atoms with van der Waals surface area (Å²) in [5.74, 6) is -1.33. The zero-order chi connectivity index (χ0) is 14.5. The van der Waals surface area contributed by atoms with Crippen molar-refractivity contribution in [2.24, 2.45) is 0 Å². The fraction of sp³-hybridized carbons (Fsp3) is 0.0769. The van der Waals surface area contributed by atoms with Gasteiger partial charge >= 0.3 is 11.8 Å². The average molecular weight is 291 g/mol. The molecule has 0 radical (unpaired) electrons. The van der Waals surface area contributed by atoms with Crippen LogP contribution in [0.3, 0.4) is 0 Å². The molecule has 0 bridgehead atoms. The summed E-state index contributed by atoms with van der Waals surface area (Å²) in [6.45, 7) is 1.78. The minimum atomic E-state index is -0.843. The number of amides is 2. The van der Waals surface area contributed by atoms with Gasteiger partial charge in [0.05, 0.1) is 5.69 Å². The maximum absolute atomic E-state index is 11.8. The normalized spacial score (nSPS) is 9.90. The van der Waals surface area contributed by atoms with Gasteiger partial charge in [0.2, 0.25) is 0 Å². The molecule has 0 aliphatic carbocycles. The van der Waals surface area contributed by atoms with E-state index in [1.807, 2.05) is 0 Å². The van der Waals surface area contributed by atoms with Gasteiger partial charge in [-0.25, -0.2) is 9.97 Å². The molecule has 0 aromatic carbocycles. The van der Waals surface area contributed by atoms with E-state index >= 15 is 0 Å². The standard InChI is InChI=1S/C13H11ClN4O2/c1-8-4-2-7-16-11(8)18-13(20)12(19)17-9-5-3-6-15-10(9)14/h2-7H,1H3,(H,17,19)(H,16,18,20). The van der Waals surface area contributed by atoms with Crippen molar-refractivity contribution in [3.05, 3.63) is 47.4 Å². The number of nitrogens with zero attached hydrogens (tertiary/aromatic N) is 2. The number of carbonyl (C=O) groups excluding carboxylic acids is 2. The Morgan fingerprint density at radius 1 is 1.05 bits per heavy atom. The van der Waals surface area contributed by atoms with Crippen LogP contribution < -0.4 is 10.6 Å². The molecule has 2 amide bonds. The molecule has 0 spiro atoms. The number of anilines is 2. The van der Waals surface area contributed by atoms with E-state index in [1.54, 1.807) is 31.2 Å². The predicted octanol–water partition coefficient (Wildman–Crippen LogP) is 2.02. The fourth-order valence-electron chi connectivity index (χ4n) is 1.44. The number of rotatable bonds is 2. The monoisotopic (exact) mass is 290 g/mol. The number of pyridine rings is 2. The molecular weight excluding hydrogens is 280 g/mol. The molecule has 0 fully saturated rings. The van der Waals surface area contributed by atoms with Crippen LogP contribution in [0.2, 0.25) is 5.15 Å². The molecule has 0 aliphatic rings. The van der Waals surface area contributed by atoms with Gasteiger partial charge in [0.15, 0.2) is 5.15 Å². The lowest BCUT2D eigenvalue weighted by Crippen LogP contribution is -2.29. The number of aryl methyl sites for hydroxylation is 1. The Morgan fingerprint density at radius 3 is 2.40 bits per heavy atom. The maximum atomic E-state index is 11.8. The Bertz CT molecular complexity index is 603. The first-order chi connectivity index (χ1) is 9.58. The summed E-state index contributed by atoms with van der Waals surface area (Å²) in [5, 5.41) is 4.91. The molecule has 2 heterocycles. The molecule has 6 nitrogen and oxygen atoms in total. The Kier molecular flexibility index (Phi) is 4.27. The van der Waals surface area contributed by atoms with Crippen molar-refractivity contribution in [1.82, 2.24) is 9.97 Å². The minimum Gasteiger partial charge on any atom is -0.315 e. The van der Waals surface area contributed by atoms with Gasteiger partial charge in [0, 0.05) is 12.4 Å². The average Bonchev–Trinajstić information content (AvgIpc) is 2.43. The van der Waals surface area contributed by atoms with E-state index in [-0.39, 0.29) is 10.8 Å². The molecule has 0 saturated heterocycles. The van der Waals surface area contributed by atoms with Crippen LogP contribution in [0.15, 0.2) is 36.7 Å². The molecule has 7 heteroatoms. The lowest BCUT2D eigenvalue weighted by molar-refractivity contribution is -0.133. The Morgan fingerprint density at radius 2 is 1.70 bits per heavy atom. The van der Waals surface area contributed by atoms with Crippen molar-refractivity contribution in [2.45, 2.75) is 6.92 Å². The first-order valence-corrected chi connectivity index (χ1v) is 6.10. The zero-order valence-electron chi connectivity index (χ0n) is 10.6. The molecule has 2 aromatic rings. The molecule has 20 heavy (non-hydrogen) atoms. The van der Waals surface area contributed by atoms with E-state index in [2.05, 4.69) is 20.6 Å². The highest BCUT2D eigenvalue weighted by Gasteiger charge is 2.16. The molecule has 0 aliphatic heterocycles. The maximum Gasteiger partial charge on any atom is 0.315 e. The molecular formula is C13H11ClN4O2. The van der Waals surface area contributed by atoms with Crippen LogP contribution in [0.5, 0.6) is 0 Å². The highest BCUT2D eigenvalue weighted by atomic mass is 35.5. The summed E-state index contributed by atoms with van der Waals surface area (Å²) >= 11 is 5.79. The van der Waals surface area contributed by atoms with E-state index in [0.717, 1.165) is 5.56 Å². The van der Waals surface area contributed by atoms with E-state index in [1.165, 1.54) is 12.4 Å². The van der Waals surface area contributed by atoms with Crippen molar-refractivity contribution >= 4 is 34.9 Å². The minimum absolute atomic E-state index is 0.114. The predicted molar refractivity (Wildman–Crippen MR) is 75.5 cm³/mol. The second-order valence-electron chi connectivity index (χ2n) is 3.92. The largest absolute Gasteiger partial charge is 0.315 e. The lowest BCUT2D eigenvalue weighted by atomic mass is 10.3. The van der Waals surface area contributed by atoms with Gasteiger partial charge in [-0.3, -0.25) is 9.59 Å². The topological polar surface area (TPSA) is 84.0 Å². The second kappa shape index (κ2) is 6.12. The molecule has 0 saturated carbocycles. The third kappa shape index (κ3) is 3.30. The van der Waals surface area contributed by atoms with E-state index in [9.17, 15) is 9.59 Å². The van der Waals surface area contributed by atoms with Gasteiger partial charge in [-0.1, -0.05) is 17.7 Å². The van der Waals surface area contributed by atoms with Crippen molar-refractivity contribution in [3.8, 4) is 0 Å². The summed E-state index contributed by atoms with van der Waals surface area (Å²) < 4.78 is 0.